The average molecular weight is 502 g/mol. The first-order valence-electron chi connectivity index (χ1n) is 11.5. The third-order valence-electron chi connectivity index (χ3n) is 6.05. The fraction of sp³-hybridized carbons (Fsp3) is 0.148. The molecule has 0 atom stereocenters. The Balaban J connectivity index is 1.71. The van der Waals surface area contributed by atoms with E-state index in [-0.39, 0.29) is 22.1 Å². The molecule has 1 aromatic heterocycles. The molecule has 0 spiro atoms. The van der Waals surface area contributed by atoms with Crippen LogP contribution in [-0.4, -0.2) is 38.4 Å². The van der Waals surface area contributed by atoms with Crippen molar-refractivity contribution in [2.45, 2.75) is 18.7 Å². The molecule has 0 fully saturated rings. The van der Waals surface area contributed by atoms with Crippen LogP contribution in [0.1, 0.15) is 34.6 Å². The first-order chi connectivity index (χ1) is 17.4. The molecule has 2 heterocycles. The van der Waals surface area contributed by atoms with Crippen molar-refractivity contribution in [1.82, 2.24) is 4.98 Å². The van der Waals surface area contributed by atoms with E-state index >= 15 is 0 Å². The topological polar surface area (TPSA) is 96.9 Å². The van der Waals surface area contributed by atoms with Crippen LogP contribution < -0.4 is 13.9 Å². The van der Waals surface area contributed by atoms with Crippen LogP contribution >= 0.6 is 0 Å². The van der Waals surface area contributed by atoms with Gasteiger partial charge in [0.25, 0.3) is 21.8 Å². The van der Waals surface area contributed by atoms with Crippen molar-refractivity contribution in [2.24, 2.45) is 0 Å². The number of ether oxygens (including phenoxy) is 1. The lowest BCUT2D eigenvalue weighted by atomic mass is 10.1. The van der Waals surface area contributed by atoms with Gasteiger partial charge < -0.3 is 9.64 Å². The Morgan fingerprint density at radius 1 is 1.00 bits per heavy atom. The maximum absolute atomic E-state index is 14.2. The first kappa shape index (κ1) is 23.5. The van der Waals surface area contributed by atoms with E-state index in [1.165, 1.54) is 36.7 Å². The van der Waals surface area contributed by atoms with Crippen molar-refractivity contribution >= 4 is 44.0 Å². The van der Waals surface area contributed by atoms with Gasteiger partial charge in [-0.2, -0.15) is 4.31 Å². The molecule has 2 amide bonds. The highest BCUT2D eigenvalue weighted by molar-refractivity contribution is 7.93. The summed E-state index contributed by atoms with van der Waals surface area (Å²) in [4.78, 5) is 32.0. The van der Waals surface area contributed by atoms with Crippen LogP contribution in [0.4, 0.5) is 11.4 Å². The summed E-state index contributed by atoms with van der Waals surface area (Å²) in [6.45, 7) is 4.60. The van der Waals surface area contributed by atoms with Gasteiger partial charge in [0.2, 0.25) is 0 Å². The molecule has 1 aliphatic rings. The Hall–Kier alpha value is -4.24. The summed E-state index contributed by atoms with van der Waals surface area (Å²) in [5.41, 5.74) is 1.36. The van der Waals surface area contributed by atoms with E-state index in [0.717, 1.165) is 4.31 Å². The molecule has 0 unspecified atom stereocenters. The number of rotatable bonds is 7. The highest BCUT2D eigenvalue weighted by Gasteiger charge is 2.36. The van der Waals surface area contributed by atoms with Crippen molar-refractivity contribution in [1.29, 1.82) is 0 Å². The van der Waals surface area contributed by atoms with Crippen molar-refractivity contribution in [2.75, 3.05) is 22.4 Å². The lowest BCUT2D eigenvalue weighted by Gasteiger charge is -2.24. The molecule has 0 N–H and O–H groups in total. The normalized spacial score (nSPS) is 12.7. The van der Waals surface area contributed by atoms with E-state index in [4.69, 9.17) is 4.74 Å². The van der Waals surface area contributed by atoms with E-state index in [0.29, 0.717) is 40.9 Å². The third kappa shape index (κ3) is 3.68. The number of pyridine rings is 1. The molecule has 5 rings (SSSR count). The SMILES string of the molecule is CCOc1ccc(N(C(=O)c2cccnc2)S(=O)(=O)c2ccc3c4c(cccc24)C(=O)N3CC)cc1. The van der Waals surface area contributed by atoms with Crippen LogP contribution in [0.5, 0.6) is 5.75 Å². The van der Waals surface area contributed by atoms with Crippen LogP contribution in [-0.2, 0) is 10.0 Å². The van der Waals surface area contributed by atoms with E-state index in [9.17, 15) is 18.0 Å². The Labute approximate surface area is 208 Å². The predicted octanol–water partition coefficient (Wildman–Crippen LogP) is 4.65. The molecule has 4 aromatic rings. The molecule has 182 valence electrons. The number of amides is 2. The first-order valence-corrected chi connectivity index (χ1v) is 12.9. The number of hydrogen-bond donors (Lipinski definition) is 0. The highest BCUT2D eigenvalue weighted by Crippen LogP contribution is 2.41. The molecule has 0 bridgehead atoms. The summed E-state index contributed by atoms with van der Waals surface area (Å²) in [6.07, 6.45) is 2.83. The number of nitrogens with zero attached hydrogens (tertiary/aromatic N) is 3. The zero-order chi connectivity index (χ0) is 25.4. The van der Waals surface area contributed by atoms with Crippen LogP contribution in [0.3, 0.4) is 0 Å². The molecule has 3 aromatic carbocycles. The number of anilines is 2. The predicted molar refractivity (Wildman–Crippen MR) is 137 cm³/mol. The molecule has 8 nitrogen and oxygen atoms in total. The van der Waals surface area contributed by atoms with Crippen LogP contribution in [0.15, 0.2) is 84.0 Å². The summed E-state index contributed by atoms with van der Waals surface area (Å²) in [6, 6.07) is 17.4. The maximum atomic E-state index is 14.2. The molecular weight excluding hydrogens is 478 g/mol. The summed E-state index contributed by atoms with van der Waals surface area (Å²) >= 11 is 0. The van der Waals surface area contributed by atoms with Crippen molar-refractivity contribution in [3.8, 4) is 5.75 Å². The second-order valence-corrected chi connectivity index (χ2v) is 9.86. The monoisotopic (exact) mass is 501 g/mol. The Bertz CT molecular complexity index is 1590. The molecule has 0 radical (unpaired) electrons. The van der Waals surface area contributed by atoms with Crippen molar-refractivity contribution < 1.29 is 22.7 Å². The lowest BCUT2D eigenvalue weighted by molar-refractivity contribution is 0.0990. The smallest absolute Gasteiger partial charge is 0.273 e. The zero-order valence-corrected chi connectivity index (χ0v) is 20.5. The van der Waals surface area contributed by atoms with E-state index in [1.807, 2.05) is 13.8 Å². The standard InChI is InChI=1S/C27H23N3O5S/c1-3-29-23-14-15-24(21-8-5-9-22(25(21)23)27(29)32)36(33,34)30(26(31)18-7-6-16-28-17-18)19-10-12-20(13-11-19)35-4-2/h5-17H,3-4H2,1-2H3. The van der Waals surface area contributed by atoms with Gasteiger partial charge in [0.05, 0.1) is 28.4 Å². The number of carbonyl (C=O) groups is 2. The molecule has 1 aliphatic heterocycles. The molecular formula is C27H23N3O5S. The number of benzene rings is 3. The summed E-state index contributed by atoms with van der Waals surface area (Å²) in [5, 5.41) is 0.940. The maximum Gasteiger partial charge on any atom is 0.273 e. The second-order valence-electron chi connectivity index (χ2n) is 8.10. The van der Waals surface area contributed by atoms with Crippen LogP contribution in [0, 0.1) is 0 Å². The largest absolute Gasteiger partial charge is 0.494 e. The molecule has 0 saturated heterocycles. The zero-order valence-electron chi connectivity index (χ0n) is 19.7. The Morgan fingerprint density at radius 3 is 2.44 bits per heavy atom. The third-order valence-corrected chi connectivity index (χ3v) is 7.82. The van der Waals surface area contributed by atoms with Crippen molar-refractivity contribution in [3.05, 3.63) is 90.3 Å². The van der Waals surface area contributed by atoms with Crippen LogP contribution in [0.2, 0.25) is 0 Å². The van der Waals surface area contributed by atoms with Crippen LogP contribution in [0.25, 0.3) is 10.8 Å². The van der Waals surface area contributed by atoms with Gasteiger partial charge in [-0.05, 0) is 68.4 Å². The number of sulfonamides is 1. The van der Waals surface area contributed by atoms with E-state index in [1.54, 1.807) is 47.4 Å². The van der Waals surface area contributed by atoms with Gasteiger partial charge in [-0.3, -0.25) is 14.6 Å². The summed E-state index contributed by atoms with van der Waals surface area (Å²) in [5.74, 6) is -0.375. The number of hydrogen-bond acceptors (Lipinski definition) is 6. The minimum absolute atomic E-state index is 0.0695. The van der Waals surface area contributed by atoms with Gasteiger partial charge >= 0.3 is 0 Å². The highest BCUT2D eigenvalue weighted by atomic mass is 32.2. The second kappa shape index (κ2) is 9.09. The molecule has 0 saturated carbocycles. The minimum Gasteiger partial charge on any atom is -0.494 e. The number of carbonyl (C=O) groups excluding carboxylic acids is 2. The van der Waals surface area contributed by atoms with E-state index < -0.39 is 15.9 Å². The van der Waals surface area contributed by atoms with Gasteiger partial charge in [-0.15, -0.1) is 0 Å². The van der Waals surface area contributed by atoms with Gasteiger partial charge in [-0.1, -0.05) is 12.1 Å². The lowest BCUT2D eigenvalue weighted by Crippen LogP contribution is -2.37. The van der Waals surface area contributed by atoms with Gasteiger partial charge in [0.1, 0.15) is 5.75 Å². The number of aromatic nitrogens is 1. The summed E-state index contributed by atoms with van der Waals surface area (Å²) in [7, 11) is -4.42. The van der Waals surface area contributed by atoms with Gasteiger partial charge in [-0.25, -0.2) is 8.42 Å². The Morgan fingerprint density at radius 2 is 1.78 bits per heavy atom. The molecule has 0 aliphatic carbocycles. The molecule has 9 heteroatoms. The van der Waals surface area contributed by atoms with Gasteiger partial charge in [0, 0.05) is 35.3 Å². The fourth-order valence-corrected chi connectivity index (χ4v) is 6.08. The van der Waals surface area contributed by atoms with Gasteiger partial charge in [0.15, 0.2) is 0 Å². The van der Waals surface area contributed by atoms with Crippen molar-refractivity contribution in [3.63, 3.8) is 0 Å². The minimum atomic E-state index is -4.42. The van der Waals surface area contributed by atoms with E-state index in [2.05, 4.69) is 4.98 Å². The fourth-order valence-electron chi connectivity index (χ4n) is 4.47. The quantitative estimate of drug-likeness (QED) is 0.366. The Kier molecular flexibility index (Phi) is 5.93. The average Bonchev–Trinajstić information content (AvgIpc) is 3.18. The molecule has 36 heavy (non-hydrogen) atoms. The summed E-state index contributed by atoms with van der Waals surface area (Å²) < 4.78 is 34.7.